The SMILES string of the molecule is C1CCCCCCC1.C1CCCCCCC1.[F][Sb-]([F])([F])([F])([F])[F].[Rh]. The second-order valence-electron chi connectivity index (χ2n) is 6.62. The molecule has 0 aromatic carbocycles. The van der Waals surface area contributed by atoms with Crippen LogP contribution in [-0.2, 0) is 19.5 Å². The molecule has 0 spiro atoms. The summed E-state index contributed by atoms with van der Waals surface area (Å²) in [6, 6.07) is 0. The Morgan fingerprint density at radius 2 is 0.333 bits per heavy atom. The van der Waals surface area contributed by atoms with E-state index in [0.717, 1.165) is 0 Å². The normalized spacial score (nSPS) is 22.8. The zero-order valence-corrected chi connectivity index (χ0v) is 18.6. The summed E-state index contributed by atoms with van der Waals surface area (Å²) in [6.07, 6.45) is 24.0. The van der Waals surface area contributed by atoms with Gasteiger partial charge in [-0.15, -0.1) is 0 Å². The van der Waals surface area contributed by atoms with Crippen LogP contribution >= 0.6 is 0 Å². The minimum absolute atomic E-state index is 0. The van der Waals surface area contributed by atoms with Crippen LogP contribution in [0.3, 0.4) is 0 Å². The third-order valence-electron chi connectivity index (χ3n) is 4.00. The average molecular weight is 563 g/mol. The largest absolute Gasteiger partial charge is 0 e. The third kappa shape index (κ3) is 38.5. The maximum absolute atomic E-state index is 11.2. The van der Waals surface area contributed by atoms with E-state index >= 15 is 0 Å². The van der Waals surface area contributed by atoms with Crippen LogP contribution in [0.5, 0.6) is 0 Å². The summed E-state index contributed by atoms with van der Waals surface area (Å²) in [4.78, 5) is 0. The van der Waals surface area contributed by atoms with Crippen molar-refractivity contribution in [3.8, 4) is 0 Å². The number of hydrogen-bond donors (Lipinski definition) is 0. The molecule has 0 amide bonds. The fraction of sp³-hybridized carbons (Fsp3) is 1.00. The molecule has 0 aromatic rings. The summed E-state index contributed by atoms with van der Waals surface area (Å²) >= 11 is -11.2. The first-order chi connectivity index (χ1) is 10.4. The average Bonchev–Trinajstić information content (AvgIpc) is 2.22. The van der Waals surface area contributed by atoms with E-state index in [1.807, 2.05) is 0 Å². The predicted molar refractivity (Wildman–Crippen MR) is 86.3 cm³/mol. The molecule has 1 radical (unpaired) electrons. The molecule has 2 fully saturated rings. The van der Waals surface area contributed by atoms with E-state index in [9.17, 15) is 16.9 Å². The van der Waals surface area contributed by atoms with Crippen molar-refractivity contribution in [3.63, 3.8) is 0 Å². The number of rotatable bonds is 0. The minimum Gasteiger partial charge on any atom is 0 e. The monoisotopic (exact) mass is 562 g/mol. The topological polar surface area (TPSA) is 0 Å². The van der Waals surface area contributed by atoms with E-state index in [4.69, 9.17) is 0 Å². The van der Waals surface area contributed by atoms with Gasteiger partial charge in [-0.2, -0.15) is 0 Å². The van der Waals surface area contributed by atoms with Crippen molar-refractivity contribution in [1.82, 2.24) is 0 Å². The second kappa shape index (κ2) is 12.4. The molecule has 0 nitrogen and oxygen atoms in total. The van der Waals surface area contributed by atoms with Crippen molar-refractivity contribution < 1.29 is 36.4 Å². The van der Waals surface area contributed by atoms with Crippen LogP contribution in [0.15, 0.2) is 0 Å². The minimum atomic E-state index is -11.2. The molecule has 2 aliphatic carbocycles. The van der Waals surface area contributed by atoms with Crippen LogP contribution in [0.2, 0.25) is 0 Å². The summed E-state index contributed by atoms with van der Waals surface area (Å²) in [5, 5.41) is 0. The second-order valence-corrected chi connectivity index (χ2v) is 12.1. The molecule has 2 aliphatic rings. The van der Waals surface area contributed by atoms with Crippen molar-refractivity contribution >= 4 is 19.5 Å². The van der Waals surface area contributed by atoms with Gasteiger partial charge in [0.05, 0.1) is 0 Å². The Kier molecular flexibility index (Phi) is 14.1. The molecule has 0 unspecified atom stereocenters. The molecule has 0 atom stereocenters. The van der Waals surface area contributed by atoms with E-state index in [0.29, 0.717) is 0 Å². The zero-order chi connectivity index (χ0) is 17.7. The molecule has 0 saturated heterocycles. The summed E-state index contributed by atoms with van der Waals surface area (Å²) in [5.74, 6) is 0. The first-order valence-electron chi connectivity index (χ1n) is 9.01. The van der Waals surface area contributed by atoms with E-state index in [2.05, 4.69) is 0 Å². The van der Waals surface area contributed by atoms with Gasteiger partial charge in [0.25, 0.3) is 0 Å². The molecule has 0 bridgehead atoms. The van der Waals surface area contributed by atoms with Gasteiger partial charge in [0, 0.05) is 19.5 Å². The number of hydrogen-bond acceptors (Lipinski definition) is 0. The van der Waals surface area contributed by atoms with Gasteiger partial charge in [0.15, 0.2) is 0 Å². The third-order valence-corrected chi connectivity index (χ3v) is 4.00. The van der Waals surface area contributed by atoms with E-state index in [1.54, 1.807) is 0 Å². The molecule has 0 heterocycles. The van der Waals surface area contributed by atoms with E-state index in [-0.39, 0.29) is 19.5 Å². The fourth-order valence-corrected chi connectivity index (χ4v) is 2.83. The van der Waals surface area contributed by atoms with Crippen molar-refractivity contribution in [3.05, 3.63) is 0 Å². The maximum Gasteiger partial charge on any atom is 0 e. The number of halogens is 6. The van der Waals surface area contributed by atoms with Gasteiger partial charge < -0.3 is 0 Å². The summed E-state index contributed by atoms with van der Waals surface area (Å²) in [7, 11) is 0. The Hall–Kier alpha value is 1.02. The Bertz CT molecular complexity index is 215. The Labute approximate surface area is 158 Å². The van der Waals surface area contributed by atoms with Gasteiger partial charge in [-0.05, 0) is 0 Å². The molecular formula is C16H32F6RhSb-. The molecule has 8 heteroatoms. The van der Waals surface area contributed by atoms with Gasteiger partial charge in [0.2, 0.25) is 0 Å². The predicted octanol–water partition coefficient (Wildman–Crippen LogP) is 8.38. The molecule has 24 heavy (non-hydrogen) atoms. The molecule has 0 N–H and O–H groups in total. The summed E-state index contributed by atoms with van der Waals surface area (Å²) < 4.78 is 59.6. The van der Waals surface area contributed by atoms with Crippen molar-refractivity contribution in [2.24, 2.45) is 0 Å². The van der Waals surface area contributed by atoms with Gasteiger partial charge in [-0.1, -0.05) is 103 Å². The van der Waals surface area contributed by atoms with Crippen LogP contribution in [0.1, 0.15) is 103 Å². The Balaban J connectivity index is 0. The maximum atomic E-state index is 9.93. The standard InChI is InChI=1S/2C8H16.6FH.Rh.Sb/c2*1-2-4-6-8-7-5-3-1;;;;;;;;/h2*1-8H2;6*1H;;/q;;;;;;;;;+5/p-6. The van der Waals surface area contributed by atoms with Crippen LogP contribution in [0.4, 0.5) is 16.9 Å². The van der Waals surface area contributed by atoms with Gasteiger partial charge in [-0.25, -0.2) is 0 Å². The first-order valence-corrected chi connectivity index (χ1v) is 14.8. The molecule has 0 aliphatic heterocycles. The molecular weight excluding hydrogens is 531 g/mol. The van der Waals surface area contributed by atoms with Gasteiger partial charge in [-0.3, -0.25) is 0 Å². The molecule has 2 saturated carbocycles. The summed E-state index contributed by atoms with van der Waals surface area (Å²) in [6.45, 7) is 0. The van der Waals surface area contributed by atoms with Gasteiger partial charge >= 0.3 is 36.4 Å². The fourth-order valence-electron chi connectivity index (χ4n) is 2.83. The Morgan fingerprint density at radius 1 is 0.292 bits per heavy atom. The van der Waals surface area contributed by atoms with E-state index in [1.165, 1.54) is 103 Å². The van der Waals surface area contributed by atoms with E-state index < -0.39 is 19.5 Å². The van der Waals surface area contributed by atoms with Crippen molar-refractivity contribution in [2.45, 2.75) is 103 Å². The molecule has 2 rings (SSSR count). The van der Waals surface area contributed by atoms with Crippen LogP contribution in [-0.4, -0.2) is 19.5 Å². The van der Waals surface area contributed by atoms with Crippen LogP contribution in [0, 0.1) is 0 Å². The van der Waals surface area contributed by atoms with Crippen molar-refractivity contribution in [2.75, 3.05) is 0 Å². The quantitative estimate of drug-likeness (QED) is 0.205. The van der Waals surface area contributed by atoms with Crippen molar-refractivity contribution in [1.29, 1.82) is 0 Å². The van der Waals surface area contributed by atoms with Crippen LogP contribution < -0.4 is 0 Å². The molecule has 153 valence electrons. The first kappa shape index (κ1) is 27.2. The van der Waals surface area contributed by atoms with Gasteiger partial charge in [0.1, 0.15) is 0 Å². The zero-order valence-electron chi connectivity index (χ0n) is 14.4. The molecule has 0 aromatic heterocycles. The Morgan fingerprint density at radius 3 is 0.375 bits per heavy atom. The smallest absolute Gasteiger partial charge is 0 e. The summed E-state index contributed by atoms with van der Waals surface area (Å²) in [5.41, 5.74) is 0. The van der Waals surface area contributed by atoms with Crippen LogP contribution in [0.25, 0.3) is 0 Å².